The lowest BCUT2D eigenvalue weighted by Crippen LogP contribution is -1.97. The van der Waals surface area contributed by atoms with Gasteiger partial charge in [-0.05, 0) is 6.07 Å². The molecular weight excluding hydrogens is 273 g/mol. The third-order valence-electron chi connectivity index (χ3n) is 2.81. The molecule has 2 aromatic rings. The van der Waals surface area contributed by atoms with Gasteiger partial charge in [-0.2, -0.15) is 5.10 Å². The van der Waals surface area contributed by atoms with Gasteiger partial charge in [0.25, 0.3) is 0 Å². The average molecular weight is 284 g/mol. The molecule has 5 nitrogen and oxygen atoms in total. The molecule has 1 aromatic carbocycles. The first-order chi connectivity index (χ1) is 9.16. The number of nitrogen functional groups attached to an aromatic ring is 1. The van der Waals surface area contributed by atoms with Gasteiger partial charge in [-0.25, -0.2) is 4.39 Å². The van der Waals surface area contributed by atoms with E-state index in [1.807, 2.05) is 0 Å². The highest BCUT2D eigenvalue weighted by molar-refractivity contribution is 6.32. The summed E-state index contributed by atoms with van der Waals surface area (Å²) in [7, 11) is 0. The number of nitrogens with zero attached hydrogens (tertiary/aromatic N) is 1. The zero-order chi connectivity index (χ0) is 13.4. The van der Waals surface area contributed by atoms with Gasteiger partial charge in [0.05, 0.1) is 18.9 Å². The molecule has 0 radical (unpaired) electrons. The summed E-state index contributed by atoms with van der Waals surface area (Å²) in [5, 5.41) is 6.31. The number of ether oxygens (including phenoxy) is 2. The van der Waals surface area contributed by atoms with Crippen molar-refractivity contribution in [2.45, 2.75) is 6.42 Å². The van der Waals surface area contributed by atoms with Crippen LogP contribution in [-0.4, -0.2) is 23.4 Å². The van der Waals surface area contributed by atoms with Crippen molar-refractivity contribution in [3.63, 3.8) is 0 Å². The van der Waals surface area contributed by atoms with E-state index in [2.05, 4.69) is 10.2 Å². The van der Waals surface area contributed by atoms with E-state index < -0.39 is 5.82 Å². The molecule has 2 heterocycles. The van der Waals surface area contributed by atoms with Gasteiger partial charge in [-0.15, -0.1) is 0 Å². The molecule has 0 bridgehead atoms. The second-order valence-electron chi connectivity index (χ2n) is 4.14. The van der Waals surface area contributed by atoms with Crippen LogP contribution in [0.15, 0.2) is 12.1 Å². The van der Waals surface area contributed by atoms with Gasteiger partial charge in [0, 0.05) is 18.1 Å². The summed E-state index contributed by atoms with van der Waals surface area (Å²) in [6.45, 7) is 0.946. The van der Waals surface area contributed by atoms with E-state index in [1.54, 1.807) is 0 Å². The Morgan fingerprint density at radius 3 is 2.84 bits per heavy atom. The van der Waals surface area contributed by atoms with Crippen molar-refractivity contribution in [3.8, 4) is 22.8 Å². The maximum Gasteiger partial charge on any atom is 0.182 e. The second kappa shape index (κ2) is 4.62. The maximum atomic E-state index is 14.3. The topological polar surface area (TPSA) is 73.2 Å². The fraction of sp³-hybridized carbons (Fsp3) is 0.250. The van der Waals surface area contributed by atoms with Crippen molar-refractivity contribution in [1.29, 1.82) is 0 Å². The first-order valence-corrected chi connectivity index (χ1v) is 6.13. The average Bonchev–Trinajstić information content (AvgIpc) is 2.69. The highest BCUT2D eigenvalue weighted by atomic mass is 35.5. The third-order valence-corrected chi connectivity index (χ3v) is 3.15. The molecule has 100 valence electrons. The molecule has 1 aliphatic rings. The standard InChI is InChI=1S/C12H11ClFN3O2/c13-10-11(14)6(7-5-9(15)17-16-7)4-8-12(10)19-3-1-2-18-8/h4-5H,1-3H2,(H3,15,16,17). The number of hydrogen-bond donors (Lipinski definition) is 2. The molecule has 0 fully saturated rings. The monoisotopic (exact) mass is 283 g/mol. The number of halogens is 2. The molecule has 0 saturated heterocycles. The normalized spacial score (nSPS) is 14.2. The van der Waals surface area contributed by atoms with Gasteiger partial charge in [-0.1, -0.05) is 11.6 Å². The molecule has 7 heteroatoms. The molecule has 0 saturated carbocycles. The number of anilines is 1. The van der Waals surface area contributed by atoms with Crippen LogP contribution in [-0.2, 0) is 0 Å². The summed E-state index contributed by atoms with van der Waals surface area (Å²) in [5.41, 5.74) is 6.20. The highest BCUT2D eigenvalue weighted by Gasteiger charge is 2.22. The Balaban J connectivity index is 2.16. The maximum absolute atomic E-state index is 14.3. The van der Waals surface area contributed by atoms with Crippen LogP contribution in [0.1, 0.15) is 6.42 Å². The molecular formula is C12H11ClFN3O2. The smallest absolute Gasteiger partial charge is 0.182 e. The van der Waals surface area contributed by atoms with E-state index in [1.165, 1.54) is 12.1 Å². The minimum atomic E-state index is -0.588. The van der Waals surface area contributed by atoms with Crippen LogP contribution in [0.2, 0.25) is 5.02 Å². The lowest BCUT2D eigenvalue weighted by atomic mass is 10.1. The van der Waals surface area contributed by atoms with Crippen LogP contribution in [0, 0.1) is 5.82 Å². The molecule has 0 unspecified atom stereocenters. The summed E-state index contributed by atoms with van der Waals surface area (Å²) >= 11 is 6.00. The van der Waals surface area contributed by atoms with Gasteiger partial charge in [-0.3, -0.25) is 5.10 Å². The minimum absolute atomic E-state index is 0.0948. The predicted molar refractivity (Wildman–Crippen MR) is 69.0 cm³/mol. The molecule has 0 amide bonds. The Hall–Kier alpha value is -1.95. The van der Waals surface area contributed by atoms with Crippen LogP contribution in [0.3, 0.4) is 0 Å². The number of rotatable bonds is 1. The molecule has 19 heavy (non-hydrogen) atoms. The van der Waals surface area contributed by atoms with Crippen LogP contribution >= 0.6 is 11.6 Å². The van der Waals surface area contributed by atoms with Crippen molar-refractivity contribution in [2.24, 2.45) is 0 Å². The van der Waals surface area contributed by atoms with E-state index >= 15 is 0 Å². The minimum Gasteiger partial charge on any atom is -0.489 e. The van der Waals surface area contributed by atoms with Gasteiger partial charge < -0.3 is 15.2 Å². The number of nitrogens with two attached hydrogens (primary N) is 1. The van der Waals surface area contributed by atoms with E-state index in [4.69, 9.17) is 26.8 Å². The van der Waals surface area contributed by atoms with Crippen LogP contribution < -0.4 is 15.2 Å². The quantitative estimate of drug-likeness (QED) is 0.844. The number of hydrogen-bond acceptors (Lipinski definition) is 4. The Labute approximate surface area is 113 Å². The predicted octanol–water partition coefficient (Wildman–Crippen LogP) is 2.61. The largest absolute Gasteiger partial charge is 0.489 e. The zero-order valence-electron chi connectivity index (χ0n) is 9.87. The first kappa shape index (κ1) is 12.1. The molecule has 1 aromatic heterocycles. The number of H-pyrrole nitrogens is 1. The summed E-state index contributed by atoms with van der Waals surface area (Å²) in [6, 6.07) is 3.06. The van der Waals surface area contributed by atoms with Gasteiger partial charge in [0.15, 0.2) is 17.3 Å². The van der Waals surface area contributed by atoms with Gasteiger partial charge in [0.1, 0.15) is 10.8 Å². The SMILES string of the molecule is Nc1cc(-c2cc3c(c(Cl)c2F)OCCCO3)[nH]n1. The number of nitrogens with one attached hydrogen (secondary N) is 1. The molecule has 1 aliphatic heterocycles. The Morgan fingerprint density at radius 2 is 2.11 bits per heavy atom. The molecule has 0 atom stereocenters. The van der Waals surface area contributed by atoms with E-state index in [-0.39, 0.29) is 22.2 Å². The lowest BCUT2D eigenvalue weighted by molar-refractivity contribution is 0.297. The second-order valence-corrected chi connectivity index (χ2v) is 4.51. The van der Waals surface area contributed by atoms with Crippen molar-refractivity contribution in [1.82, 2.24) is 10.2 Å². The summed E-state index contributed by atoms with van der Waals surface area (Å²) in [6.07, 6.45) is 0.721. The Bertz CT molecular complexity index is 630. The Morgan fingerprint density at radius 1 is 1.32 bits per heavy atom. The first-order valence-electron chi connectivity index (χ1n) is 5.75. The third kappa shape index (κ3) is 2.08. The summed E-state index contributed by atoms with van der Waals surface area (Å²) < 4.78 is 25.2. The zero-order valence-corrected chi connectivity index (χ0v) is 10.6. The summed E-state index contributed by atoms with van der Waals surface area (Å²) in [4.78, 5) is 0. The van der Waals surface area contributed by atoms with Crippen LogP contribution in [0.25, 0.3) is 11.3 Å². The fourth-order valence-electron chi connectivity index (χ4n) is 1.91. The number of fused-ring (bicyclic) bond motifs is 1. The Kier molecular flexibility index (Phi) is 2.94. The van der Waals surface area contributed by atoms with E-state index in [9.17, 15) is 4.39 Å². The molecule has 0 spiro atoms. The summed E-state index contributed by atoms with van der Waals surface area (Å²) in [5.74, 6) is 0.354. The van der Waals surface area contributed by atoms with Crippen molar-refractivity contribution >= 4 is 17.4 Å². The molecule has 0 aliphatic carbocycles. The van der Waals surface area contributed by atoms with Crippen LogP contribution in [0.4, 0.5) is 10.2 Å². The number of aromatic nitrogens is 2. The lowest BCUT2D eigenvalue weighted by Gasteiger charge is -2.12. The number of aromatic amines is 1. The molecule has 3 N–H and O–H groups in total. The van der Waals surface area contributed by atoms with E-state index in [0.29, 0.717) is 24.7 Å². The van der Waals surface area contributed by atoms with Crippen molar-refractivity contribution in [2.75, 3.05) is 18.9 Å². The molecule has 3 rings (SSSR count). The number of benzene rings is 1. The highest BCUT2D eigenvalue weighted by Crippen LogP contribution is 2.43. The van der Waals surface area contributed by atoms with Gasteiger partial charge >= 0.3 is 0 Å². The van der Waals surface area contributed by atoms with Crippen LogP contribution in [0.5, 0.6) is 11.5 Å². The van der Waals surface area contributed by atoms with Crippen molar-refractivity contribution < 1.29 is 13.9 Å². The van der Waals surface area contributed by atoms with Crippen molar-refractivity contribution in [3.05, 3.63) is 23.0 Å². The van der Waals surface area contributed by atoms with E-state index in [0.717, 1.165) is 6.42 Å². The van der Waals surface area contributed by atoms with Gasteiger partial charge in [0.2, 0.25) is 0 Å². The fourth-order valence-corrected chi connectivity index (χ4v) is 2.16.